The number of anilines is 2. The van der Waals surface area contributed by atoms with E-state index < -0.39 is 24.1 Å². The van der Waals surface area contributed by atoms with Crippen molar-refractivity contribution in [1.29, 1.82) is 0 Å². The molecule has 3 unspecified atom stereocenters. The van der Waals surface area contributed by atoms with Crippen LogP contribution in [0.4, 0.5) is 16.0 Å². The van der Waals surface area contributed by atoms with Gasteiger partial charge in [0, 0.05) is 11.6 Å². The third kappa shape index (κ3) is 3.40. The number of rotatable bonds is 4. The number of aryl methyl sites for hydroxylation is 1. The molecule has 4 aromatic rings. The Morgan fingerprint density at radius 1 is 1.09 bits per heavy atom. The zero-order valence-corrected chi connectivity index (χ0v) is 18.4. The molecule has 164 valence electrons. The minimum absolute atomic E-state index is 0.0288. The van der Waals surface area contributed by atoms with Crippen molar-refractivity contribution in [2.75, 3.05) is 11.5 Å². The normalized spacial score (nSPS) is 20.9. The van der Waals surface area contributed by atoms with Gasteiger partial charge in [-0.2, -0.15) is 0 Å². The number of nitrogen functional groups attached to an aromatic ring is 2. The van der Waals surface area contributed by atoms with E-state index in [1.165, 1.54) is 17.1 Å². The molecule has 0 saturated carbocycles. The van der Waals surface area contributed by atoms with Crippen LogP contribution in [0.15, 0.2) is 52.9 Å². The van der Waals surface area contributed by atoms with Crippen LogP contribution in [0.1, 0.15) is 18.0 Å². The number of aliphatic hydroxyl groups excluding tert-OH is 2. The van der Waals surface area contributed by atoms with Crippen LogP contribution in [-0.2, 0) is 6.42 Å². The first-order chi connectivity index (χ1) is 15.3. The number of aliphatic hydroxyl groups is 2. The van der Waals surface area contributed by atoms with Crippen LogP contribution in [0.25, 0.3) is 21.9 Å². The Labute approximate surface area is 190 Å². The number of aromatic nitrogens is 4. The monoisotopic (exact) mass is 498 g/mol. The maximum absolute atomic E-state index is 14.4. The molecule has 0 bridgehead atoms. The van der Waals surface area contributed by atoms with Crippen LogP contribution in [-0.4, -0.2) is 41.9 Å². The molecule has 10 heteroatoms. The van der Waals surface area contributed by atoms with Crippen LogP contribution >= 0.6 is 15.9 Å². The molecule has 0 saturated heterocycles. The van der Waals surface area contributed by atoms with Gasteiger partial charge < -0.3 is 26.2 Å². The molecular weight excluding hydrogens is 479 g/mol. The lowest BCUT2D eigenvalue weighted by Gasteiger charge is -2.19. The van der Waals surface area contributed by atoms with Gasteiger partial charge >= 0.3 is 0 Å². The van der Waals surface area contributed by atoms with Crippen molar-refractivity contribution >= 4 is 49.5 Å². The minimum atomic E-state index is -1.13. The number of nitrogens with two attached hydrogens (primary N) is 2. The molecule has 3 atom stereocenters. The summed E-state index contributed by atoms with van der Waals surface area (Å²) >= 11 is 3.38. The summed E-state index contributed by atoms with van der Waals surface area (Å²) in [7, 11) is 0. The van der Waals surface area contributed by atoms with Crippen LogP contribution < -0.4 is 11.5 Å². The van der Waals surface area contributed by atoms with Gasteiger partial charge in [0.25, 0.3) is 0 Å². The topological polar surface area (TPSA) is 136 Å². The zero-order chi connectivity index (χ0) is 22.6. The summed E-state index contributed by atoms with van der Waals surface area (Å²) < 4.78 is 16.7. The van der Waals surface area contributed by atoms with E-state index in [0.717, 1.165) is 20.9 Å². The van der Waals surface area contributed by atoms with Crippen LogP contribution in [0.5, 0.6) is 0 Å². The molecule has 1 aliphatic carbocycles. The number of halogens is 2. The van der Waals surface area contributed by atoms with Gasteiger partial charge in [-0.15, -0.1) is 0 Å². The van der Waals surface area contributed by atoms with Gasteiger partial charge in [0.1, 0.15) is 35.8 Å². The molecule has 0 aliphatic heterocycles. The van der Waals surface area contributed by atoms with Crippen LogP contribution in [0, 0.1) is 5.82 Å². The number of pyridine rings is 1. The summed E-state index contributed by atoms with van der Waals surface area (Å²) in [6, 6.07) is 7.18. The Morgan fingerprint density at radius 3 is 2.72 bits per heavy atom. The molecule has 3 heterocycles. The highest BCUT2D eigenvalue weighted by Gasteiger charge is 2.36. The molecule has 0 radical (unpaired) electrons. The van der Waals surface area contributed by atoms with Gasteiger partial charge in [0.2, 0.25) is 0 Å². The van der Waals surface area contributed by atoms with E-state index in [9.17, 15) is 14.6 Å². The van der Waals surface area contributed by atoms with E-state index in [2.05, 4.69) is 30.9 Å². The Hall–Kier alpha value is -3.08. The fourth-order valence-electron chi connectivity index (χ4n) is 4.23. The first-order valence-corrected chi connectivity index (χ1v) is 10.8. The summed E-state index contributed by atoms with van der Waals surface area (Å²) in [4.78, 5) is 12.3. The van der Waals surface area contributed by atoms with Crippen molar-refractivity contribution < 1.29 is 14.6 Å². The van der Waals surface area contributed by atoms with E-state index in [-0.39, 0.29) is 16.9 Å². The maximum atomic E-state index is 14.4. The third-order valence-electron chi connectivity index (χ3n) is 5.92. The molecule has 5 rings (SSSR count). The van der Waals surface area contributed by atoms with E-state index in [1.807, 2.05) is 24.3 Å². The minimum Gasteiger partial charge on any atom is -0.388 e. The van der Waals surface area contributed by atoms with Crippen molar-refractivity contribution in [3.05, 3.63) is 64.3 Å². The Balaban J connectivity index is 1.41. The van der Waals surface area contributed by atoms with E-state index >= 15 is 0 Å². The molecular formula is C22H20BrFN6O2. The van der Waals surface area contributed by atoms with Crippen molar-refractivity contribution in [2.24, 2.45) is 0 Å². The van der Waals surface area contributed by atoms with Gasteiger partial charge in [-0.05, 0) is 52.0 Å². The van der Waals surface area contributed by atoms with Gasteiger partial charge in [0.15, 0.2) is 5.82 Å². The molecule has 32 heavy (non-hydrogen) atoms. The average Bonchev–Trinajstić information content (AvgIpc) is 3.25. The van der Waals surface area contributed by atoms with Crippen LogP contribution in [0.2, 0.25) is 0 Å². The highest BCUT2D eigenvalue weighted by Crippen LogP contribution is 2.35. The van der Waals surface area contributed by atoms with Crippen LogP contribution in [0.3, 0.4) is 0 Å². The second kappa shape index (κ2) is 7.80. The summed E-state index contributed by atoms with van der Waals surface area (Å²) in [5.41, 5.74) is 14.4. The van der Waals surface area contributed by atoms with E-state index in [1.54, 1.807) is 6.08 Å². The molecule has 0 spiro atoms. The molecule has 1 aromatic carbocycles. The highest BCUT2D eigenvalue weighted by atomic mass is 79.9. The molecule has 1 aliphatic rings. The van der Waals surface area contributed by atoms with Gasteiger partial charge in [-0.25, -0.2) is 19.3 Å². The highest BCUT2D eigenvalue weighted by molar-refractivity contribution is 9.10. The summed E-state index contributed by atoms with van der Waals surface area (Å²) in [5.74, 6) is -0.123. The largest absolute Gasteiger partial charge is 0.388 e. The number of hydrogen-bond donors (Lipinski definition) is 4. The van der Waals surface area contributed by atoms with Crippen molar-refractivity contribution in [1.82, 2.24) is 19.5 Å². The van der Waals surface area contributed by atoms with Gasteiger partial charge in [-0.1, -0.05) is 18.2 Å². The van der Waals surface area contributed by atoms with Gasteiger partial charge in [0.05, 0.1) is 21.4 Å². The predicted octanol–water partition coefficient (Wildman–Crippen LogP) is 2.88. The lowest BCUT2D eigenvalue weighted by atomic mass is 10.0. The fourth-order valence-corrected chi connectivity index (χ4v) is 4.57. The second-order valence-electron chi connectivity index (χ2n) is 7.89. The Bertz CT molecular complexity index is 1390. The SMILES string of the molecule is Nc1nc2cc(CCC3=CC(n4cc(F)c5c(N)ncnc54)C(O)C3O)ccc2cc1Br. The van der Waals surface area contributed by atoms with Gasteiger partial charge in [-0.3, -0.25) is 0 Å². The van der Waals surface area contributed by atoms with E-state index in [4.69, 9.17) is 11.5 Å². The summed E-state index contributed by atoms with van der Waals surface area (Å²) in [6.07, 6.45) is 3.19. The first kappa shape index (κ1) is 20.8. The summed E-state index contributed by atoms with van der Waals surface area (Å²) in [5, 5.41) is 22.4. The Kier molecular flexibility index (Phi) is 5.07. The molecule has 8 nitrogen and oxygen atoms in total. The first-order valence-electron chi connectivity index (χ1n) is 10.0. The fraction of sp³-hybridized carbons (Fsp3) is 0.227. The molecule has 6 N–H and O–H groups in total. The van der Waals surface area contributed by atoms with Crippen molar-refractivity contribution in [3.63, 3.8) is 0 Å². The summed E-state index contributed by atoms with van der Waals surface area (Å²) in [6.45, 7) is 0. The molecule has 3 aromatic heterocycles. The maximum Gasteiger partial charge on any atom is 0.154 e. The van der Waals surface area contributed by atoms with Crippen molar-refractivity contribution in [2.45, 2.75) is 31.1 Å². The second-order valence-corrected chi connectivity index (χ2v) is 8.75. The lowest BCUT2D eigenvalue weighted by Crippen LogP contribution is -2.29. The number of fused-ring (bicyclic) bond motifs is 2. The van der Waals surface area contributed by atoms with Crippen molar-refractivity contribution in [3.8, 4) is 0 Å². The smallest absolute Gasteiger partial charge is 0.154 e. The standard InChI is InChI=1S/C22H20BrFN6O2/c23-13-6-11-3-1-10(5-15(11)29-20(13)25)2-4-12-7-16(19(32)18(12)31)30-8-14(24)17-21(26)27-9-28-22(17)30/h1,3,5-9,16,18-19,31-32H,2,4H2,(H2,25,29)(H2,26,27,28). The molecule has 0 amide bonds. The third-order valence-corrected chi connectivity index (χ3v) is 6.55. The number of hydrogen-bond acceptors (Lipinski definition) is 7. The quantitative estimate of drug-likeness (QED) is 0.317. The molecule has 0 fully saturated rings. The lowest BCUT2D eigenvalue weighted by molar-refractivity contribution is 0.0316. The predicted molar refractivity (Wildman–Crippen MR) is 123 cm³/mol. The van der Waals surface area contributed by atoms with E-state index in [0.29, 0.717) is 24.2 Å². The number of nitrogens with zero attached hydrogens (tertiary/aromatic N) is 4. The number of benzene rings is 1. The zero-order valence-electron chi connectivity index (χ0n) is 16.8. The average molecular weight is 499 g/mol. The Morgan fingerprint density at radius 2 is 1.91 bits per heavy atom.